The molecule has 1 aromatic heterocycles. The summed E-state index contributed by atoms with van der Waals surface area (Å²) in [5.74, 6) is 0.817. The lowest BCUT2D eigenvalue weighted by Gasteiger charge is -2.08. The smallest absolute Gasteiger partial charge is 0.182 e. The molecule has 0 spiro atoms. The van der Waals surface area contributed by atoms with E-state index >= 15 is 0 Å². The summed E-state index contributed by atoms with van der Waals surface area (Å²) < 4.78 is 32.7. The molecule has 0 aliphatic carbocycles. The number of ether oxygens (including phenoxy) is 1. The summed E-state index contributed by atoms with van der Waals surface area (Å²) in [4.78, 5) is 0.0634. The van der Waals surface area contributed by atoms with E-state index in [4.69, 9.17) is 10.5 Å². The summed E-state index contributed by atoms with van der Waals surface area (Å²) in [6, 6.07) is 7.60. The number of benzene rings is 1. The molecule has 0 amide bonds. The first kappa shape index (κ1) is 15.6. The third-order valence-electron chi connectivity index (χ3n) is 2.71. The molecule has 6 nitrogen and oxygen atoms in total. The molecular formula is C13H17N3O3S2. The highest BCUT2D eigenvalue weighted by Crippen LogP contribution is 2.31. The average Bonchev–Trinajstić information content (AvgIpc) is 2.78. The minimum atomic E-state index is -3.41. The molecule has 2 rings (SSSR count). The lowest BCUT2D eigenvalue weighted by molar-refractivity contribution is 0.340. The molecular weight excluding hydrogens is 310 g/mol. The molecule has 1 aromatic carbocycles. The number of aromatic nitrogens is 1. The van der Waals surface area contributed by atoms with E-state index < -0.39 is 9.84 Å². The summed E-state index contributed by atoms with van der Waals surface area (Å²) in [5.41, 5.74) is 6.60. The quantitative estimate of drug-likeness (QED) is 0.844. The van der Waals surface area contributed by atoms with E-state index in [0.717, 1.165) is 29.1 Å². The van der Waals surface area contributed by atoms with Crippen molar-refractivity contribution in [3.05, 3.63) is 29.8 Å². The van der Waals surface area contributed by atoms with Gasteiger partial charge in [-0.15, -0.1) is 0 Å². The maximum absolute atomic E-state index is 11.7. The van der Waals surface area contributed by atoms with E-state index in [1.54, 1.807) is 0 Å². The van der Waals surface area contributed by atoms with Crippen molar-refractivity contribution in [1.82, 2.24) is 4.37 Å². The molecule has 8 heteroatoms. The summed E-state index contributed by atoms with van der Waals surface area (Å²) in [6.45, 7) is 2.98. The molecule has 0 fully saturated rings. The van der Waals surface area contributed by atoms with Crippen molar-refractivity contribution in [2.45, 2.75) is 18.4 Å². The number of hydrogen-bond donors (Lipinski definition) is 2. The zero-order chi connectivity index (χ0) is 15.5. The lowest BCUT2D eigenvalue weighted by atomic mass is 10.2. The fourth-order valence-corrected chi connectivity index (χ4v) is 3.92. The summed E-state index contributed by atoms with van der Waals surface area (Å²) in [6.07, 6.45) is 1.12. The van der Waals surface area contributed by atoms with Gasteiger partial charge in [-0.05, 0) is 36.2 Å². The minimum absolute atomic E-state index is 0.0352. The topological polar surface area (TPSA) is 94.3 Å². The Balaban J connectivity index is 2.16. The maximum atomic E-state index is 11.7. The highest BCUT2D eigenvalue weighted by molar-refractivity contribution is 7.91. The normalized spacial score (nSPS) is 11.3. The highest BCUT2D eigenvalue weighted by Gasteiger charge is 2.20. The van der Waals surface area contributed by atoms with Crippen molar-refractivity contribution >= 4 is 32.2 Å². The van der Waals surface area contributed by atoms with E-state index in [2.05, 4.69) is 9.69 Å². The van der Waals surface area contributed by atoms with Gasteiger partial charge in [0, 0.05) is 12.8 Å². The highest BCUT2D eigenvalue weighted by atomic mass is 32.2. The second-order valence-corrected chi connectivity index (χ2v) is 7.16. The molecule has 21 heavy (non-hydrogen) atoms. The third-order valence-corrected chi connectivity index (χ3v) is 4.81. The van der Waals surface area contributed by atoms with Gasteiger partial charge in [-0.3, -0.25) is 0 Å². The van der Waals surface area contributed by atoms with Crippen LogP contribution in [0.25, 0.3) is 0 Å². The van der Waals surface area contributed by atoms with Gasteiger partial charge in [-0.25, -0.2) is 8.42 Å². The summed E-state index contributed by atoms with van der Waals surface area (Å²) >= 11 is 1.04. The zero-order valence-corrected chi connectivity index (χ0v) is 13.4. The van der Waals surface area contributed by atoms with Gasteiger partial charge in [-0.1, -0.05) is 12.1 Å². The van der Waals surface area contributed by atoms with Crippen LogP contribution in [0, 0.1) is 0 Å². The Morgan fingerprint density at radius 2 is 2.19 bits per heavy atom. The maximum Gasteiger partial charge on any atom is 0.182 e. The number of nitrogens with one attached hydrogen (secondary N) is 1. The first-order valence-electron chi connectivity index (χ1n) is 6.32. The Kier molecular flexibility index (Phi) is 4.69. The first-order valence-corrected chi connectivity index (χ1v) is 8.99. The fraction of sp³-hybridized carbons (Fsp3) is 0.308. The molecule has 0 radical (unpaired) electrons. The number of anilines is 2. The lowest BCUT2D eigenvalue weighted by Crippen LogP contribution is -2.06. The number of nitrogens with two attached hydrogens (primary N) is 1. The molecule has 2 aromatic rings. The zero-order valence-electron chi connectivity index (χ0n) is 11.8. The van der Waals surface area contributed by atoms with Crippen molar-refractivity contribution in [3.8, 4) is 5.75 Å². The SMILES string of the molecule is CCOc1cccc(CNc2snc(N)c2S(C)(=O)=O)c1. The third kappa shape index (κ3) is 3.85. The predicted octanol–water partition coefficient (Wildman–Crippen LogP) is 2.14. The molecule has 1 heterocycles. The van der Waals surface area contributed by atoms with E-state index in [1.807, 2.05) is 31.2 Å². The summed E-state index contributed by atoms with van der Waals surface area (Å²) in [5, 5.41) is 3.52. The van der Waals surface area contributed by atoms with Gasteiger partial charge in [0.05, 0.1) is 6.61 Å². The largest absolute Gasteiger partial charge is 0.494 e. The van der Waals surface area contributed by atoms with Crippen LogP contribution in [0.4, 0.5) is 10.8 Å². The van der Waals surface area contributed by atoms with Gasteiger partial charge in [-0.2, -0.15) is 4.37 Å². The Bertz CT molecular complexity index is 726. The van der Waals surface area contributed by atoms with Crippen LogP contribution in [-0.2, 0) is 16.4 Å². The average molecular weight is 327 g/mol. The van der Waals surface area contributed by atoms with E-state index in [0.29, 0.717) is 18.2 Å². The van der Waals surface area contributed by atoms with Gasteiger partial charge in [0.15, 0.2) is 15.7 Å². The molecule has 0 aliphatic rings. The van der Waals surface area contributed by atoms with Crippen molar-refractivity contribution < 1.29 is 13.2 Å². The van der Waals surface area contributed by atoms with Crippen LogP contribution in [0.15, 0.2) is 29.2 Å². The van der Waals surface area contributed by atoms with Gasteiger partial charge in [0.2, 0.25) is 0 Å². The van der Waals surface area contributed by atoms with E-state index in [1.165, 1.54) is 0 Å². The summed E-state index contributed by atoms with van der Waals surface area (Å²) in [7, 11) is -3.41. The molecule has 0 unspecified atom stereocenters. The van der Waals surface area contributed by atoms with Gasteiger partial charge in [0.1, 0.15) is 15.6 Å². The Morgan fingerprint density at radius 1 is 1.43 bits per heavy atom. The Hall–Kier alpha value is -1.80. The number of nitrogen functional groups attached to an aromatic ring is 1. The van der Waals surface area contributed by atoms with Crippen molar-refractivity contribution in [2.24, 2.45) is 0 Å². The first-order chi connectivity index (χ1) is 9.91. The van der Waals surface area contributed by atoms with Crippen LogP contribution in [0.5, 0.6) is 5.75 Å². The molecule has 0 bridgehead atoms. The van der Waals surface area contributed by atoms with Crippen LogP contribution in [0.3, 0.4) is 0 Å². The molecule has 0 saturated heterocycles. The second kappa shape index (κ2) is 6.31. The van der Waals surface area contributed by atoms with Gasteiger partial charge >= 0.3 is 0 Å². The molecule has 3 N–H and O–H groups in total. The van der Waals surface area contributed by atoms with Crippen molar-refractivity contribution in [2.75, 3.05) is 23.9 Å². The van der Waals surface area contributed by atoms with Crippen LogP contribution in [0.2, 0.25) is 0 Å². The van der Waals surface area contributed by atoms with Crippen LogP contribution in [0.1, 0.15) is 12.5 Å². The van der Waals surface area contributed by atoms with Crippen molar-refractivity contribution in [3.63, 3.8) is 0 Å². The minimum Gasteiger partial charge on any atom is -0.494 e. The van der Waals surface area contributed by atoms with E-state index in [-0.39, 0.29) is 10.7 Å². The Morgan fingerprint density at radius 3 is 2.86 bits per heavy atom. The standard InChI is InChI=1S/C13H17N3O3S2/c1-3-19-10-6-4-5-9(7-10)8-15-13-11(21(2,17)18)12(14)16-20-13/h4-7,15H,3,8H2,1-2H3,(H2,14,16). The number of nitrogens with zero attached hydrogens (tertiary/aromatic N) is 1. The molecule has 114 valence electrons. The monoisotopic (exact) mass is 327 g/mol. The fourth-order valence-electron chi connectivity index (χ4n) is 1.86. The predicted molar refractivity (Wildman–Crippen MR) is 84.6 cm³/mol. The molecule has 0 aliphatic heterocycles. The number of sulfone groups is 1. The second-order valence-electron chi connectivity index (χ2n) is 4.43. The van der Waals surface area contributed by atoms with E-state index in [9.17, 15) is 8.42 Å². The molecule has 0 saturated carbocycles. The van der Waals surface area contributed by atoms with Gasteiger partial charge < -0.3 is 15.8 Å². The van der Waals surface area contributed by atoms with Crippen LogP contribution < -0.4 is 15.8 Å². The van der Waals surface area contributed by atoms with Crippen molar-refractivity contribution in [1.29, 1.82) is 0 Å². The number of hydrogen-bond acceptors (Lipinski definition) is 7. The van der Waals surface area contributed by atoms with Gasteiger partial charge in [0.25, 0.3) is 0 Å². The molecule has 0 atom stereocenters. The number of rotatable bonds is 6. The van der Waals surface area contributed by atoms with Crippen LogP contribution in [-0.4, -0.2) is 25.7 Å². The Labute approximate surface area is 128 Å². The van der Waals surface area contributed by atoms with Crippen LogP contribution >= 0.6 is 11.5 Å².